The van der Waals surface area contributed by atoms with Crippen LogP contribution in [0.4, 0.5) is 5.69 Å². The molecule has 0 saturated carbocycles. The van der Waals surface area contributed by atoms with Gasteiger partial charge in [0.25, 0.3) is 0 Å². The van der Waals surface area contributed by atoms with E-state index in [0.29, 0.717) is 19.0 Å². The van der Waals surface area contributed by atoms with Crippen molar-refractivity contribution in [3.63, 3.8) is 0 Å². The Morgan fingerprint density at radius 2 is 2.29 bits per heavy atom. The van der Waals surface area contributed by atoms with E-state index in [1.54, 1.807) is 6.20 Å². The van der Waals surface area contributed by atoms with E-state index in [9.17, 15) is 0 Å². The van der Waals surface area contributed by atoms with Gasteiger partial charge >= 0.3 is 0 Å². The molecule has 0 aliphatic heterocycles. The van der Waals surface area contributed by atoms with Crippen molar-refractivity contribution in [2.75, 3.05) is 11.9 Å². The molecule has 0 radical (unpaired) electrons. The molecule has 0 aliphatic carbocycles. The first-order chi connectivity index (χ1) is 8.29. The van der Waals surface area contributed by atoms with E-state index in [2.05, 4.69) is 32.9 Å². The van der Waals surface area contributed by atoms with Gasteiger partial charge in [-0.2, -0.15) is 0 Å². The first-order valence-electron chi connectivity index (χ1n) is 5.35. The van der Waals surface area contributed by atoms with Gasteiger partial charge < -0.3 is 14.5 Å². The number of nitrogens with zero attached hydrogens (tertiary/aromatic N) is 1. The van der Waals surface area contributed by atoms with Crippen LogP contribution < -0.4 is 10.1 Å². The Morgan fingerprint density at radius 1 is 1.41 bits per heavy atom. The van der Waals surface area contributed by atoms with Gasteiger partial charge in [-0.1, -0.05) is 0 Å². The van der Waals surface area contributed by atoms with Crippen molar-refractivity contribution in [3.8, 4) is 5.88 Å². The van der Waals surface area contributed by atoms with Crippen molar-refractivity contribution in [1.29, 1.82) is 0 Å². The Bertz CT molecular complexity index is 485. The van der Waals surface area contributed by atoms with Crippen LogP contribution in [-0.4, -0.2) is 11.6 Å². The monoisotopic (exact) mass is 344 g/mol. The molecule has 0 saturated heterocycles. The van der Waals surface area contributed by atoms with E-state index >= 15 is 0 Å². The molecule has 0 spiro atoms. The normalized spacial score (nSPS) is 10.2. The summed E-state index contributed by atoms with van der Waals surface area (Å²) in [5.41, 5.74) is 0.876. The number of nitrogens with one attached hydrogen (secondary N) is 1. The number of hydrogen-bond donors (Lipinski definition) is 1. The summed E-state index contributed by atoms with van der Waals surface area (Å²) in [5, 5.41) is 3.24. The summed E-state index contributed by atoms with van der Waals surface area (Å²) >= 11 is 2.14. The minimum Gasteiger partial charge on any atom is -0.476 e. The van der Waals surface area contributed by atoms with Gasteiger partial charge in [0, 0.05) is 6.20 Å². The van der Waals surface area contributed by atoms with Crippen LogP contribution in [0, 0.1) is 3.77 Å². The SMILES string of the molecule is CCOc1ncccc1NCc1ccc(I)o1. The molecule has 0 atom stereocenters. The van der Waals surface area contributed by atoms with Crippen LogP contribution in [0.1, 0.15) is 12.7 Å². The average molecular weight is 344 g/mol. The fourth-order valence-electron chi connectivity index (χ4n) is 1.41. The molecule has 0 amide bonds. The maximum atomic E-state index is 5.47. The molecule has 0 aliphatic rings. The molecule has 0 aromatic carbocycles. The molecule has 2 aromatic heterocycles. The second-order valence-electron chi connectivity index (χ2n) is 3.35. The molecule has 2 rings (SSSR count). The zero-order valence-electron chi connectivity index (χ0n) is 9.44. The lowest BCUT2D eigenvalue weighted by Gasteiger charge is -2.09. The summed E-state index contributed by atoms with van der Waals surface area (Å²) in [4.78, 5) is 4.17. The van der Waals surface area contributed by atoms with Crippen molar-refractivity contribution in [2.24, 2.45) is 0 Å². The van der Waals surface area contributed by atoms with E-state index in [-0.39, 0.29) is 0 Å². The number of anilines is 1. The Morgan fingerprint density at radius 3 is 3.00 bits per heavy atom. The van der Waals surface area contributed by atoms with Gasteiger partial charge in [0.05, 0.1) is 18.8 Å². The van der Waals surface area contributed by atoms with Crippen molar-refractivity contribution in [2.45, 2.75) is 13.5 Å². The fourth-order valence-corrected chi connectivity index (χ4v) is 1.87. The maximum Gasteiger partial charge on any atom is 0.237 e. The van der Waals surface area contributed by atoms with Crippen molar-refractivity contribution < 1.29 is 9.15 Å². The molecular weight excluding hydrogens is 331 g/mol. The number of pyridine rings is 1. The van der Waals surface area contributed by atoms with Gasteiger partial charge in [-0.25, -0.2) is 4.98 Å². The zero-order chi connectivity index (χ0) is 12.1. The van der Waals surface area contributed by atoms with Crippen LogP contribution in [-0.2, 0) is 6.54 Å². The van der Waals surface area contributed by atoms with E-state index < -0.39 is 0 Å². The third kappa shape index (κ3) is 3.36. The molecule has 0 bridgehead atoms. The predicted octanol–water partition coefficient (Wildman–Crippen LogP) is 3.29. The van der Waals surface area contributed by atoms with Crippen LogP contribution in [0.15, 0.2) is 34.9 Å². The second kappa shape index (κ2) is 5.90. The summed E-state index contributed by atoms with van der Waals surface area (Å²) in [5.74, 6) is 1.51. The number of hydrogen-bond acceptors (Lipinski definition) is 4. The third-order valence-corrected chi connectivity index (χ3v) is 2.71. The molecule has 17 heavy (non-hydrogen) atoms. The summed E-state index contributed by atoms with van der Waals surface area (Å²) in [6, 6.07) is 7.69. The first-order valence-corrected chi connectivity index (χ1v) is 6.43. The summed E-state index contributed by atoms with van der Waals surface area (Å²) in [6.07, 6.45) is 1.71. The Labute approximate surface area is 114 Å². The largest absolute Gasteiger partial charge is 0.476 e. The summed E-state index contributed by atoms with van der Waals surface area (Å²) in [7, 11) is 0. The maximum absolute atomic E-state index is 5.47. The molecular formula is C12H13IN2O2. The van der Waals surface area contributed by atoms with Crippen LogP contribution in [0.25, 0.3) is 0 Å². The molecule has 0 unspecified atom stereocenters. The first kappa shape index (κ1) is 12.2. The van der Waals surface area contributed by atoms with Crippen LogP contribution in [0.3, 0.4) is 0 Å². The van der Waals surface area contributed by atoms with Crippen molar-refractivity contribution >= 4 is 28.3 Å². The minimum atomic E-state index is 0.602. The van der Waals surface area contributed by atoms with Gasteiger partial charge in [0.2, 0.25) is 5.88 Å². The summed E-state index contributed by atoms with van der Waals surface area (Å²) in [6.45, 7) is 3.16. The highest BCUT2D eigenvalue weighted by molar-refractivity contribution is 14.1. The van der Waals surface area contributed by atoms with E-state index in [0.717, 1.165) is 15.2 Å². The Kier molecular flexibility index (Phi) is 4.24. The molecule has 1 N–H and O–H groups in total. The number of halogens is 1. The van der Waals surface area contributed by atoms with Gasteiger partial charge in [0.15, 0.2) is 3.77 Å². The molecule has 4 nitrogen and oxygen atoms in total. The molecule has 5 heteroatoms. The van der Waals surface area contributed by atoms with Gasteiger partial charge in [-0.05, 0) is 53.8 Å². The Balaban J connectivity index is 2.03. The van der Waals surface area contributed by atoms with Crippen LogP contribution in [0.5, 0.6) is 5.88 Å². The average Bonchev–Trinajstić information content (AvgIpc) is 2.74. The highest BCUT2D eigenvalue weighted by atomic mass is 127. The van der Waals surface area contributed by atoms with E-state index in [1.807, 2.05) is 31.2 Å². The fraction of sp³-hybridized carbons (Fsp3) is 0.250. The Hall–Kier alpha value is -1.24. The highest BCUT2D eigenvalue weighted by Gasteiger charge is 2.05. The van der Waals surface area contributed by atoms with Crippen LogP contribution >= 0.6 is 22.6 Å². The number of rotatable bonds is 5. The van der Waals surface area contributed by atoms with Crippen molar-refractivity contribution in [3.05, 3.63) is 40.0 Å². The smallest absolute Gasteiger partial charge is 0.237 e. The third-order valence-electron chi connectivity index (χ3n) is 2.13. The second-order valence-corrected chi connectivity index (χ2v) is 4.41. The standard InChI is InChI=1S/C12H13IN2O2/c1-2-16-12-10(4-3-7-14-12)15-8-9-5-6-11(13)17-9/h3-7,15H,2,8H2,1H3. The number of furan rings is 1. The lowest BCUT2D eigenvalue weighted by Crippen LogP contribution is -2.03. The van der Waals surface area contributed by atoms with Crippen molar-refractivity contribution in [1.82, 2.24) is 4.98 Å². The lowest BCUT2D eigenvalue weighted by molar-refractivity contribution is 0.328. The summed E-state index contributed by atoms with van der Waals surface area (Å²) < 4.78 is 11.8. The minimum absolute atomic E-state index is 0.602. The van der Waals surface area contributed by atoms with Crippen LogP contribution in [0.2, 0.25) is 0 Å². The molecule has 90 valence electrons. The molecule has 2 heterocycles. The van der Waals surface area contributed by atoms with Gasteiger partial charge in [-0.3, -0.25) is 0 Å². The highest BCUT2D eigenvalue weighted by Crippen LogP contribution is 2.21. The lowest BCUT2D eigenvalue weighted by atomic mass is 10.3. The molecule has 2 aromatic rings. The number of aromatic nitrogens is 1. The van der Waals surface area contributed by atoms with Gasteiger partial charge in [0.1, 0.15) is 5.76 Å². The quantitative estimate of drug-likeness (QED) is 0.846. The van der Waals surface area contributed by atoms with E-state index in [4.69, 9.17) is 9.15 Å². The van der Waals surface area contributed by atoms with Gasteiger partial charge in [-0.15, -0.1) is 0 Å². The van der Waals surface area contributed by atoms with E-state index in [1.165, 1.54) is 0 Å². The number of ether oxygens (including phenoxy) is 1. The topological polar surface area (TPSA) is 47.3 Å². The zero-order valence-corrected chi connectivity index (χ0v) is 11.6. The molecule has 0 fully saturated rings. The predicted molar refractivity (Wildman–Crippen MR) is 74.2 cm³/mol.